The number of hydrogen-bond donors (Lipinski definition) is 1. The highest BCUT2D eigenvalue weighted by molar-refractivity contribution is 7.89. The van der Waals surface area contributed by atoms with Crippen LogP contribution in [0.3, 0.4) is 0 Å². The summed E-state index contributed by atoms with van der Waals surface area (Å²) in [6.07, 6.45) is -5.89. The normalized spacial score (nSPS) is 22.3. The van der Waals surface area contributed by atoms with E-state index in [2.05, 4.69) is 14.3 Å². The molecule has 18 heteroatoms. The van der Waals surface area contributed by atoms with Gasteiger partial charge >= 0.3 is 22.6 Å². The number of nitrogens with zero attached hydrogens (tertiary/aromatic N) is 5. The van der Waals surface area contributed by atoms with E-state index < -0.39 is 55.6 Å². The lowest BCUT2D eigenvalue weighted by Gasteiger charge is -2.36. The number of urea groups is 1. The second kappa shape index (κ2) is 7.29. The molecule has 2 aliphatic heterocycles. The molecule has 1 aromatic rings. The monoisotopic (exact) mass is 475 g/mol. The highest BCUT2D eigenvalue weighted by Crippen LogP contribution is 2.34. The number of alkyl halides is 3. The summed E-state index contributed by atoms with van der Waals surface area (Å²) in [5.41, 5.74) is 0. The average Bonchev–Trinajstić information content (AvgIpc) is 2.87. The Bertz CT molecular complexity index is 1060. The van der Waals surface area contributed by atoms with Crippen LogP contribution >= 0.6 is 0 Å². The molecule has 2 atom stereocenters. The molecule has 0 saturated carbocycles. The van der Waals surface area contributed by atoms with E-state index in [1.165, 1.54) is 0 Å². The van der Waals surface area contributed by atoms with Crippen LogP contribution in [-0.2, 0) is 35.7 Å². The van der Waals surface area contributed by atoms with Gasteiger partial charge in [-0.3, -0.25) is 14.2 Å². The molecule has 166 valence electrons. The number of fused-ring (bicyclic) bond motifs is 2. The van der Waals surface area contributed by atoms with Crippen LogP contribution in [0.15, 0.2) is 17.3 Å². The van der Waals surface area contributed by atoms with Crippen LogP contribution in [0.5, 0.6) is 0 Å². The van der Waals surface area contributed by atoms with Gasteiger partial charge in [-0.1, -0.05) is 0 Å². The van der Waals surface area contributed by atoms with E-state index in [9.17, 15) is 39.6 Å². The SMILES string of the molecule is O=CN([C@H]1CC[C@@H]2CN1C(=O)N2OS(=O)(=O)O)S(=O)(=O)c1cnc(C(F)(F)F)nc1. The zero-order valence-electron chi connectivity index (χ0n) is 14.5. The van der Waals surface area contributed by atoms with Crippen LogP contribution in [0.4, 0.5) is 18.0 Å². The number of carbonyl (C=O) groups excluding carboxylic acids is 2. The van der Waals surface area contributed by atoms with Crippen LogP contribution in [0, 0.1) is 0 Å². The minimum atomic E-state index is -5.04. The lowest BCUT2D eigenvalue weighted by molar-refractivity contribution is -0.145. The van der Waals surface area contributed by atoms with Crippen molar-refractivity contribution in [2.45, 2.75) is 36.1 Å². The molecule has 3 amide bonds. The summed E-state index contributed by atoms with van der Waals surface area (Å²) in [4.78, 5) is 29.8. The lowest BCUT2D eigenvalue weighted by atomic mass is 10.1. The Hall–Kier alpha value is -2.57. The van der Waals surface area contributed by atoms with Crippen molar-refractivity contribution in [3.8, 4) is 0 Å². The van der Waals surface area contributed by atoms with Gasteiger partial charge in [-0.2, -0.15) is 26.7 Å². The molecule has 0 aliphatic carbocycles. The van der Waals surface area contributed by atoms with Crippen LogP contribution in [0.2, 0.25) is 0 Å². The molecule has 2 aliphatic rings. The second-order valence-electron chi connectivity index (χ2n) is 6.16. The van der Waals surface area contributed by atoms with E-state index in [-0.39, 0.29) is 30.1 Å². The number of rotatable bonds is 6. The highest BCUT2D eigenvalue weighted by atomic mass is 32.3. The Kier molecular flexibility index (Phi) is 5.37. The smallest absolute Gasteiger partial charge is 0.299 e. The Labute approximate surface area is 167 Å². The van der Waals surface area contributed by atoms with Crippen molar-refractivity contribution in [3.63, 3.8) is 0 Å². The molecule has 0 aromatic carbocycles. The number of sulfonamides is 1. The van der Waals surface area contributed by atoms with Gasteiger partial charge in [0.25, 0.3) is 10.0 Å². The number of hydroxylamine groups is 2. The number of halogens is 3. The maximum Gasteiger partial charge on any atom is 0.451 e. The third-order valence-electron chi connectivity index (χ3n) is 4.32. The van der Waals surface area contributed by atoms with Crippen molar-refractivity contribution in [3.05, 3.63) is 18.2 Å². The lowest BCUT2D eigenvalue weighted by Crippen LogP contribution is -2.52. The first-order valence-electron chi connectivity index (χ1n) is 7.90. The van der Waals surface area contributed by atoms with Crippen LogP contribution < -0.4 is 0 Å². The third-order valence-corrected chi connectivity index (χ3v) is 6.36. The highest BCUT2D eigenvalue weighted by Gasteiger charge is 2.51. The zero-order valence-corrected chi connectivity index (χ0v) is 16.1. The van der Waals surface area contributed by atoms with E-state index in [1.807, 2.05) is 0 Å². The average molecular weight is 475 g/mol. The molecule has 3 rings (SSSR count). The fourth-order valence-electron chi connectivity index (χ4n) is 3.08. The summed E-state index contributed by atoms with van der Waals surface area (Å²) in [7, 11) is -9.80. The molecule has 13 nitrogen and oxygen atoms in total. The molecule has 2 fully saturated rings. The molecule has 1 N–H and O–H groups in total. The summed E-state index contributed by atoms with van der Waals surface area (Å²) in [5, 5.41) is 0.339. The van der Waals surface area contributed by atoms with Crippen molar-refractivity contribution in [1.29, 1.82) is 0 Å². The Morgan fingerprint density at radius 3 is 2.30 bits per heavy atom. The summed E-state index contributed by atoms with van der Waals surface area (Å²) in [5.74, 6) is -1.59. The number of carbonyl (C=O) groups is 2. The predicted molar refractivity (Wildman–Crippen MR) is 85.5 cm³/mol. The fraction of sp³-hybridized carbons (Fsp3) is 0.500. The van der Waals surface area contributed by atoms with Crippen molar-refractivity contribution < 1.29 is 48.4 Å². The maximum atomic E-state index is 12.7. The standard InChI is InChI=1S/C12H12F3N5O8S2/c13-12(14,15)10-16-3-8(4-17-10)29(23,24)19(6-21)9-2-1-7-5-18(9)11(22)20(7)28-30(25,26)27/h3-4,6-7,9H,1-2,5H2,(H,25,26,27)/t7-,9+/m1/s1. The maximum absolute atomic E-state index is 12.7. The van der Waals surface area contributed by atoms with E-state index >= 15 is 0 Å². The van der Waals surface area contributed by atoms with E-state index in [0.717, 1.165) is 4.90 Å². The number of amides is 3. The molecule has 0 spiro atoms. The first-order valence-corrected chi connectivity index (χ1v) is 10.7. The van der Waals surface area contributed by atoms with Gasteiger partial charge in [0, 0.05) is 6.54 Å². The zero-order chi connectivity index (χ0) is 22.5. The van der Waals surface area contributed by atoms with Crippen molar-refractivity contribution in [1.82, 2.24) is 24.2 Å². The van der Waals surface area contributed by atoms with Gasteiger partial charge in [0.1, 0.15) is 11.1 Å². The predicted octanol–water partition coefficient (Wildman–Crippen LogP) is -0.397. The van der Waals surface area contributed by atoms with Gasteiger partial charge < -0.3 is 0 Å². The van der Waals surface area contributed by atoms with Gasteiger partial charge in [-0.25, -0.2) is 27.5 Å². The molecule has 2 saturated heterocycles. The van der Waals surface area contributed by atoms with Crippen LogP contribution in [-0.4, -0.2) is 76.8 Å². The van der Waals surface area contributed by atoms with Gasteiger partial charge in [0.05, 0.1) is 18.4 Å². The molecule has 30 heavy (non-hydrogen) atoms. The summed E-state index contributed by atoms with van der Waals surface area (Å²) >= 11 is 0. The Morgan fingerprint density at radius 2 is 1.80 bits per heavy atom. The summed E-state index contributed by atoms with van der Waals surface area (Å²) in [6.45, 7) is -0.234. The molecule has 0 unspecified atom stereocenters. The molecular weight excluding hydrogens is 463 g/mol. The fourth-order valence-corrected chi connectivity index (χ4v) is 4.74. The van der Waals surface area contributed by atoms with Gasteiger partial charge in [-0.15, -0.1) is 4.28 Å². The van der Waals surface area contributed by atoms with E-state index in [4.69, 9.17) is 4.55 Å². The van der Waals surface area contributed by atoms with Crippen LogP contribution in [0.25, 0.3) is 0 Å². The van der Waals surface area contributed by atoms with Crippen LogP contribution in [0.1, 0.15) is 18.7 Å². The van der Waals surface area contributed by atoms with Gasteiger partial charge in [0.2, 0.25) is 12.2 Å². The van der Waals surface area contributed by atoms with Crippen molar-refractivity contribution in [2.75, 3.05) is 6.54 Å². The van der Waals surface area contributed by atoms with E-state index in [1.54, 1.807) is 0 Å². The van der Waals surface area contributed by atoms with Gasteiger partial charge in [0.15, 0.2) is 0 Å². The minimum absolute atomic E-state index is 0.00814. The number of hydrogen-bond acceptors (Lipinski definition) is 9. The molecule has 0 radical (unpaired) electrons. The first kappa shape index (κ1) is 22.1. The Morgan fingerprint density at radius 1 is 1.20 bits per heavy atom. The van der Waals surface area contributed by atoms with Gasteiger partial charge in [-0.05, 0) is 12.8 Å². The number of aromatic nitrogens is 2. The van der Waals surface area contributed by atoms with Crippen molar-refractivity contribution >= 4 is 32.9 Å². The summed E-state index contributed by atoms with van der Waals surface area (Å²) in [6, 6.07) is -1.98. The molecule has 1 aromatic heterocycles. The second-order valence-corrected chi connectivity index (χ2v) is 9.00. The minimum Gasteiger partial charge on any atom is -0.299 e. The third kappa shape index (κ3) is 4.02. The Balaban J connectivity index is 1.89. The number of piperidine rings is 1. The topological polar surface area (TPSA) is 167 Å². The first-order chi connectivity index (χ1) is 13.8. The molecular formula is C12H12F3N5O8S2. The largest absolute Gasteiger partial charge is 0.451 e. The molecule has 3 heterocycles. The van der Waals surface area contributed by atoms with E-state index in [0.29, 0.717) is 17.5 Å². The quantitative estimate of drug-likeness (QED) is 0.422. The molecule has 2 bridgehead atoms. The summed E-state index contributed by atoms with van der Waals surface area (Å²) < 4.78 is 98.1. The van der Waals surface area contributed by atoms with Crippen molar-refractivity contribution in [2.24, 2.45) is 0 Å².